The maximum Gasteiger partial charge on any atom is 0.322 e. The first kappa shape index (κ1) is 26.2. The van der Waals surface area contributed by atoms with Gasteiger partial charge in [-0.2, -0.15) is 0 Å². The van der Waals surface area contributed by atoms with E-state index in [1.807, 2.05) is 18.2 Å². The van der Waals surface area contributed by atoms with Crippen LogP contribution in [0.3, 0.4) is 0 Å². The van der Waals surface area contributed by atoms with Crippen LogP contribution in [0.4, 0.5) is 4.79 Å². The van der Waals surface area contributed by atoms with Crippen molar-refractivity contribution in [2.75, 3.05) is 20.7 Å². The van der Waals surface area contributed by atoms with E-state index in [2.05, 4.69) is 40.8 Å². The van der Waals surface area contributed by atoms with Gasteiger partial charge in [0.1, 0.15) is 17.0 Å². The molecule has 1 aliphatic carbocycles. The van der Waals surface area contributed by atoms with E-state index in [0.717, 1.165) is 28.8 Å². The van der Waals surface area contributed by atoms with Crippen LogP contribution in [0, 0.1) is 5.92 Å². The predicted molar refractivity (Wildman–Crippen MR) is 153 cm³/mol. The lowest BCUT2D eigenvalue weighted by Gasteiger charge is -2.28. The Hall–Kier alpha value is -4.99. The zero-order valence-corrected chi connectivity index (χ0v) is 22.9. The number of benzene rings is 1. The second-order valence-electron chi connectivity index (χ2n) is 10.3. The third-order valence-electron chi connectivity index (χ3n) is 7.66. The Morgan fingerprint density at radius 1 is 1.22 bits per heavy atom. The van der Waals surface area contributed by atoms with Crippen LogP contribution < -0.4 is 15.4 Å². The zero-order valence-electron chi connectivity index (χ0n) is 22.9. The van der Waals surface area contributed by atoms with E-state index < -0.39 is 17.5 Å². The highest BCUT2D eigenvalue weighted by Crippen LogP contribution is 2.35. The van der Waals surface area contributed by atoms with E-state index in [1.165, 1.54) is 12.0 Å². The number of hydrogen-bond donors (Lipinski definition) is 2. The minimum absolute atomic E-state index is 0.121. The molecule has 0 saturated carbocycles. The van der Waals surface area contributed by atoms with Crippen LogP contribution in [0.1, 0.15) is 40.7 Å². The summed E-state index contributed by atoms with van der Waals surface area (Å²) in [6.45, 7) is 2.29. The highest BCUT2D eigenvalue weighted by Gasteiger charge is 2.53. The summed E-state index contributed by atoms with van der Waals surface area (Å²) in [5, 5.41) is 5.04. The molecule has 3 aromatic rings. The number of aromatic nitrogens is 1. The number of fused-ring (bicyclic) bond motifs is 2. The van der Waals surface area contributed by atoms with Gasteiger partial charge in [0.2, 0.25) is 0 Å². The van der Waals surface area contributed by atoms with Crippen molar-refractivity contribution in [3.05, 3.63) is 88.9 Å². The van der Waals surface area contributed by atoms with E-state index in [0.29, 0.717) is 22.4 Å². The molecule has 2 aromatic heterocycles. The van der Waals surface area contributed by atoms with Crippen molar-refractivity contribution in [3.63, 3.8) is 0 Å². The molecule has 2 atom stereocenters. The van der Waals surface area contributed by atoms with E-state index in [4.69, 9.17) is 14.1 Å². The molecule has 3 aliphatic rings. The van der Waals surface area contributed by atoms with Crippen LogP contribution in [0.2, 0.25) is 0 Å². The van der Waals surface area contributed by atoms with Gasteiger partial charge in [0.25, 0.3) is 11.8 Å². The van der Waals surface area contributed by atoms with Gasteiger partial charge in [-0.25, -0.2) is 9.78 Å². The number of nitrogens with zero attached hydrogens (tertiary/aromatic N) is 3. The third-order valence-corrected chi connectivity index (χ3v) is 7.66. The number of furan rings is 1. The Kier molecular flexibility index (Phi) is 6.53. The number of ether oxygens (including phenoxy) is 1. The maximum atomic E-state index is 13.3. The second kappa shape index (κ2) is 10.2. The Morgan fingerprint density at radius 2 is 2.07 bits per heavy atom. The molecule has 2 unspecified atom stereocenters. The first-order valence-corrected chi connectivity index (χ1v) is 13.4. The summed E-state index contributed by atoms with van der Waals surface area (Å²) in [5.74, 6) is 0.135. The van der Waals surface area contributed by atoms with Crippen molar-refractivity contribution in [1.82, 2.24) is 20.5 Å². The quantitative estimate of drug-likeness (QED) is 0.336. The average Bonchev–Trinajstić information content (AvgIpc) is 3.57. The molecule has 0 radical (unpaired) electrons. The van der Waals surface area contributed by atoms with E-state index in [-0.39, 0.29) is 30.7 Å². The molecular formula is C31H29N5O5. The minimum Gasteiger partial charge on any atom is -0.497 e. The van der Waals surface area contributed by atoms with E-state index in [9.17, 15) is 14.4 Å². The summed E-state index contributed by atoms with van der Waals surface area (Å²) in [7, 11) is 3.27. The number of carbonyl (C=O) groups excluding carboxylic acids is 3. The maximum absolute atomic E-state index is 13.3. The van der Waals surface area contributed by atoms with Crippen molar-refractivity contribution in [2.24, 2.45) is 10.9 Å². The lowest BCUT2D eigenvalue weighted by Crippen LogP contribution is -2.52. The number of methoxy groups -OCH3 is 1. The molecule has 1 aromatic carbocycles. The molecule has 2 aliphatic heterocycles. The Labute approximate surface area is 236 Å². The van der Waals surface area contributed by atoms with Gasteiger partial charge in [-0.3, -0.25) is 19.9 Å². The Balaban J connectivity index is 1.37. The van der Waals surface area contributed by atoms with Gasteiger partial charge in [-0.05, 0) is 59.4 Å². The molecule has 6 rings (SSSR count). The van der Waals surface area contributed by atoms with Crippen molar-refractivity contribution in [3.8, 4) is 5.75 Å². The number of allylic oxidation sites excluding steroid dienone is 6. The molecule has 0 bridgehead atoms. The number of rotatable bonds is 7. The van der Waals surface area contributed by atoms with Crippen molar-refractivity contribution in [1.29, 1.82) is 0 Å². The fourth-order valence-corrected chi connectivity index (χ4v) is 5.47. The summed E-state index contributed by atoms with van der Waals surface area (Å²) in [5.41, 5.74) is 3.31. The number of pyridine rings is 1. The summed E-state index contributed by atoms with van der Waals surface area (Å²) in [6, 6.07) is 9.95. The predicted octanol–water partition coefficient (Wildman–Crippen LogP) is 4.13. The van der Waals surface area contributed by atoms with Crippen molar-refractivity contribution in [2.45, 2.75) is 25.4 Å². The number of amides is 4. The Bertz CT molecular complexity index is 1710. The van der Waals surface area contributed by atoms with Gasteiger partial charge in [-0.1, -0.05) is 31.2 Å². The Morgan fingerprint density at radius 3 is 2.80 bits per heavy atom. The molecule has 1 fully saturated rings. The second-order valence-corrected chi connectivity index (χ2v) is 10.3. The molecule has 10 heteroatoms. The largest absolute Gasteiger partial charge is 0.497 e. The molecule has 208 valence electrons. The van der Waals surface area contributed by atoms with Gasteiger partial charge < -0.3 is 19.4 Å². The number of nitrogens with one attached hydrogen (secondary N) is 2. The summed E-state index contributed by atoms with van der Waals surface area (Å²) in [6.07, 6.45) is 11.1. The summed E-state index contributed by atoms with van der Waals surface area (Å²) in [4.78, 5) is 49.5. The van der Waals surface area contributed by atoms with Crippen LogP contribution in [-0.2, 0) is 16.9 Å². The average molecular weight is 552 g/mol. The van der Waals surface area contributed by atoms with E-state index >= 15 is 0 Å². The number of imide groups is 1. The molecule has 4 heterocycles. The molecule has 10 nitrogen and oxygen atoms in total. The first-order valence-electron chi connectivity index (χ1n) is 13.4. The molecule has 41 heavy (non-hydrogen) atoms. The first-order chi connectivity index (χ1) is 19.8. The van der Waals surface area contributed by atoms with Gasteiger partial charge in [0, 0.05) is 31.4 Å². The molecule has 0 spiro atoms. The highest BCUT2D eigenvalue weighted by atomic mass is 16.5. The van der Waals surface area contributed by atoms with Crippen LogP contribution in [0.25, 0.3) is 16.7 Å². The third kappa shape index (κ3) is 4.61. The normalized spacial score (nSPS) is 22.1. The van der Waals surface area contributed by atoms with Crippen LogP contribution >= 0.6 is 0 Å². The van der Waals surface area contributed by atoms with Crippen LogP contribution in [-0.4, -0.2) is 54.6 Å². The monoisotopic (exact) mass is 551 g/mol. The van der Waals surface area contributed by atoms with Crippen LogP contribution in [0.15, 0.2) is 75.7 Å². The molecule has 4 amide bonds. The molecular weight excluding hydrogens is 522 g/mol. The van der Waals surface area contributed by atoms with Crippen molar-refractivity contribution < 1.29 is 23.5 Å². The molecule has 1 saturated heterocycles. The smallest absolute Gasteiger partial charge is 0.322 e. The standard InChI is InChI=1S/C31H29N5O5/c1-4-18-5-6-19(15-32-2)12-21(11-18)24-9-10-26-25(33-24)14-27(41-26)31(29(38)34-30(39)35-31)17-36-16-20-7-8-22(40-3)13-23(20)28(36)37/h5-15,18H,4,16-17H2,1-3H3,(H2,34,35,38,39). The number of aliphatic imine (C=N–C) groups is 1. The summed E-state index contributed by atoms with van der Waals surface area (Å²) < 4.78 is 11.4. The van der Waals surface area contributed by atoms with Gasteiger partial charge >= 0.3 is 6.03 Å². The molecule has 2 N–H and O–H groups in total. The highest BCUT2D eigenvalue weighted by molar-refractivity contribution is 6.08. The van der Waals surface area contributed by atoms with Gasteiger partial charge in [-0.15, -0.1) is 0 Å². The number of carbonyl (C=O) groups is 3. The number of urea groups is 1. The lowest BCUT2D eigenvalue weighted by atomic mass is 9.95. The SMILES string of the molecule is CCC1C=CC(C=NC)=CC(c2ccc3oc(C4(CN5Cc6ccc(OC)cc6C5=O)NC(=O)NC4=O)cc3n2)=C1. The van der Waals surface area contributed by atoms with Gasteiger partial charge in [0.05, 0.1) is 19.3 Å². The van der Waals surface area contributed by atoms with Crippen molar-refractivity contribution >= 4 is 40.7 Å². The summed E-state index contributed by atoms with van der Waals surface area (Å²) >= 11 is 0. The number of hydrogen-bond acceptors (Lipinski definition) is 7. The fourth-order valence-electron chi connectivity index (χ4n) is 5.47. The minimum atomic E-state index is -1.62. The topological polar surface area (TPSA) is 126 Å². The van der Waals surface area contributed by atoms with Crippen LogP contribution in [0.5, 0.6) is 5.75 Å². The lowest BCUT2D eigenvalue weighted by molar-refractivity contribution is -0.125. The van der Waals surface area contributed by atoms with E-state index in [1.54, 1.807) is 37.5 Å². The fraction of sp³-hybridized carbons (Fsp3) is 0.258. The zero-order chi connectivity index (χ0) is 28.7. The van der Waals surface area contributed by atoms with Gasteiger partial charge in [0.15, 0.2) is 11.1 Å².